The molecule has 1 fully saturated rings. The summed E-state index contributed by atoms with van der Waals surface area (Å²) in [4.78, 5) is 11.6. The van der Waals surface area contributed by atoms with E-state index in [1.807, 2.05) is 0 Å². The fourth-order valence-corrected chi connectivity index (χ4v) is 2.00. The smallest absolute Gasteiger partial charge is 0.323 e. The van der Waals surface area contributed by atoms with Crippen LogP contribution in [0.15, 0.2) is 0 Å². The molecule has 1 aliphatic rings. The molecule has 0 aromatic heterocycles. The Hall–Kier alpha value is -0.570. The Bertz CT molecular complexity index is 214. The first-order valence-electron chi connectivity index (χ1n) is 5.84. The molecule has 2 N–H and O–H groups in total. The van der Waals surface area contributed by atoms with Gasteiger partial charge >= 0.3 is 5.97 Å². The van der Waals surface area contributed by atoms with Crippen LogP contribution in [0, 0.1) is 5.41 Å². The van der Waals surface area contributed by atoms with Gasteiger partial charge < -0.3 is 10.5 Å². The van der Waals surface area contributed by atoms with E-state index in [9.17, 15) is 4.79 Å². The Balaban J connectivity index is 2.32. The van der Waals surface area contributed by atoms with Gasteiger partial charge in [-0.15, -0.1) is 0 Å². The summed E-state index contributed by atoms with van der Waals surface area (Å²) in [6, 6.07) is -0.467. The average Bonchev–Trinajstić information content (AvgIpc) is 2.53. The highest BCUT2D eigenvalue weighted by Gasteiger charge is 2.26. The van der Waals surface area contributed by atoms with Crippen LogP contribution in [0.1, 0.15) is 52.9 Å². The van der Waals surface area contributed by atoms with Crippen molar-refractivity contribution in [2.75, 3.05) is 0 Å². The first-order chi connectivity index (χ1) is 6.88. The van der Waals surface area contributed by atoms with E-state index in [4.69, 9.17) is 10.5 Å². The van der Waals surface area contributed by atoms with E-state index >= 15 is 0 Å². The summed E-state index contributed by atoms with van der Waals surface area (Å²) in [6.45, 7) is 6.24. The minimum Gasteiger partial charge on any atom is -0.461 e. The Labute approximate surface area is 92.4 Å². The molecule has 0 aromatic rings. The summed E-state index contributed by atoms with van der Waals surface area (Å²) in [7, 11) is 0. The number of hydrogen-bond acceptors (Lipinski definition) is 3. The Morgan fingerprint density at radius 3 is 2.40 bits per heavy atom. The summed E-state index contributed by atoms with van der Waals surface area (Å²) in [6.07, 6.45) is 5.17. The van der Waals surface area contributed by atoms with Gasteiger partial charge in [0.2, 0.25) is 0 Å². The molecule has 0 heterocycles. The molecule has 3 heteroatoms. The average molecular weight is 213 g/mol. The standard InChI is InChI=1S/C12H23NO2/c1-12(2,3)8-10(13)11(14)15-9-6-4-5-7-9/h9-10H,4-8,13H2,1-3H3/t10-/m0/s1. The molecule has 0 aromatic carbocycles. The lowest BCUT2D eigenvalue weighted by atomic mass is 9.88. The van der Waals surface area contributed by atoms with Crippen LogP contribution in [0.25, 0.3) is 0 Å². The van der Waals surface area contributed by atoms with Crippen molar-refractivity contribution in [3.8, 4) is 0 Å². The third-order valence-corrected chi connectivity index (χ3v) is 2.72. The molecular weight excluding hydrogens is 190 g/mol. The van der Waals surface area contributed by atoms with Gasteiger partial charge in [-0.25, -0.2) is 0 Å². The maximum absolute atomic E-state index is 11.6. The maximum atomic E-state index is 11.6. The van der Waals surface area contributed by atoms with Crippen molar-refractivity contribution < 1.29 is 9.53 Å². The van der Waals surface area contributed by atoms with E-state index in [1.165, 1.54) is 12.8 Å². The molecule has 88 valence electrons. The second-order valence-corrected chi connectivity index (χ2v) is 5.71. The SMILES string of the molecule is CC(C)(C)C[C@H](N)C(=O)OC1CCCC1. The molecule has 1 aliphatic carbocycles. The van der Waals surface area contributed by atoms with E-state index in [2.05, 4.69) is 20.8 Å². The topological polar surface area (TPSA) is 52.3 Å². The molecule has 0 spiro atoms. The molecule has 0 amide bonds. The van der Waals surface area contributed by atoms with Gasteiger partial charge in [0.15, 0.2) is 0 Å². The van der Waals surface area contributed by atoms with E-state index in [1.54, 1.807) is 0 Å². The molecule has 0 aliphatic heterocycles. The van der Waals surface area contributed by atoms with Gasteiger partial charge in [-0.3, -0.25) is 4.79 Å². The summed E-state index contributed by atoms with van der Waals surface area (Å²) in [5.74, 6) is -0.225. The van der Waals surface area contributed by atoms with Crippen molar-refractivity contribution in [3.05, 3.63) is 0 Å². The zero-order valence-electron chi connectivity index (χ0n) is 10.1. The van der Waals surface area contributed by atoms with Crippen LogP contribution in [0.5, 0.6) is 0 Å². The third kappa shape index (κ3) is 4.65. The number of ether oxygens (including phenoxy) is 1. The van der Waals surface area contributed by atoms with Crippen LogP contribution in [0.4, 0.5) is 0 Å². The van der Waals surface area contributed by atoms with Crippen LogP contribution in [-0.2, 0) is 9.53 Å². The zero-order valence-corrected chi connectivity index (χ0v) is 10.1. The molecule has 1 saturated carbocycles. The number of nitrogens with two attached hydrogens (primary N) is 1. The molecule has 3 nitrogen and oxygen atoms in total. The van der Waals surface area contributed by atoms with E-state index in [0.29, 0.717) is 6.42 Å². The summed E-state index contributed by atoms with van der Waals surface area (Å²) in [5, 5.41) is 0. The van der Waals surface area contributed by atoms with Crippen molar-refractivity contribution >= 4 is 5.97 Å². The number of esters is 1. The third-order valence-electron chi connectivity index (χ3n) is 2.72. The molecule has 0 bridgehead atoms. The van der Waals surface area contributed by atoms with Crippen LogP contribution in [-0.4, -0.2) is 18.1 Å². The summed E-state index contributed by atoms with van der Waals surface area (Å²) in [5.41, 5.74) is 5.88. The van der Waals surface area contributed by atoms with Gasteiger partial charge in [0.1, 0.15) is 12.1 Å². The van der Waals surface area contributed by atoms with Gasteiger partial charge in [-0.05, 0) is 37.5 Å². The minimum atomic E-state index is -0.467. The van der Waals surface area contributed by atoms with Gasteiger partial charge in [0.25, 0.3) is 0 Å². The highest BCUT2D eigenvalue weighted by atomic mass is 16.5. The highest BCUT2D eigenvalue weighted by Crippen LogP contribution is 2.24. The normalized spacial score (nSPS) is 20.3. The molecular formula is C12H23NO2. The first kappa shape index (κ1) is 12.5. The number of carbonyl (C=O) groups excluding carboxylic acids is 1. The van der Waals surface area contributed by atoms with Crippen LogP contribution < -0.4 is 5.73 Å². The molecule has 0 saturated heterocycles. The van der Waals surface area contributed by atoms with Crippen LogP contribution >= 0.6 is 0 Å². The van der Waals surface area contributed by atoms with E-state index in [-0.39, 0.29) is 17.5 Å². The fourth-order valence-electron chi connectivity index (χ4n) is 2.00. The monoisotopic (exact) mass is 213 g/mol. The molecule has 0 unspecified atom stereocenters. The molecule has 1 atom stereocenters. The van der Waals surface area contributed by atoms with Crippen molar-refractivity contribution in [1.82, 2.24) is 0 Å². The fraction of sp³-hybridized carbons (Fsp3) is 0.917. The Kier molecular flexibility index (Phi) is 4.14. The lowest BCUT2D eigenvalue weighted by Gasteiger charge is -2.23. The lowest BCUT2D eigenvalue weighted by molar-refractivity contribution is -0.151. The van der Waals surface area contributed by atoms with Gasteiger partial charge in [0.05, 0.1) is 0 Å². The molecule has 15 heavy (non-hydrogen) atoms. The van der Waals surface area contributed by atoms with Crippen molar-refractivity contribution in [2.45, 2.75) is 65.0 Å². The molecule has 0 radical (unpaired) electrons. The van der Waals surface area contributed by atoms with Crippen molar-refractivity contribution in [3.63, 3.8) is 0 Å². The van der Waals surface area contributed by atoms with Gasteiger partial charge in [-0.2, -0.15) is 0 Å². The predicted molar refractivity (Wildman–Crippen MR) is 60.4 cm³/mol. The van der Waals surface area contributed by atoms with E-state index < -0.39 is 6.04 Å². The van der Waals surface area contributed by atoms with Crippen molar-refractivity contribution in [2.24, 2.45) is 11.1 Å². The minimum absolute atomic E-state index is 0.0775. The number of rotatable bonds is 3. The van der Waals surface area contributed by atoms with E-state index in [0.717, 1.165) is 12.8 Å². The summed E-state index contributed by atoms with van der Waals surface area (Å²) >= 11 is 0. The van der Waals surface area contributed by atoms with Gasteiger partial charge in [-0.1, -0.05) is 20.8 Å². The maximum Gasteiger partial charge on any atom is 0.323 e. The largest absolute Gasteiger partial charge is 0.461 e. The van der Waals surface area contributed by atoms with Crippen molar-refractivity contribution in [1.29, 1.82) is 0 Å². The highest BCUT2D eigenvalue weighted by molar-refractivity contribution is 5.75. The van der Waals surface area contributed by atoms with Gasteiger partial charge in [0, 0.05) is 0 Å². The quantitative estimate of drug-likeness (QED) is 0.731. The number of carbonyl (C=O) groups is 1. The Morgan fingerprint density at radius 2 is 1.93 bits per heavy atom. The lowest BCUT2D eigenvalue weighted by Crippen LogP contribution is -2.37. The van der Waals surface area contributed by atoms with Crippen LogP contribution in [0.3, 0.4) is 0 Å². The first-order valence-corrected chi connectivity index (χ1v) is 5.84. The Morgan fingerprint density at radius 1 is 1.40 bits per heavy atom. The molecule has 1 rings (SSSR count). The number of hydrogen-bond donors (Lipinski definition) is 1. The second kappa shape index (κ2) is 4.97. The second-order valence-electron chi connectivity index (χ2n) is 5.71. The van der Waals surface area contributed by atoms with Crippen LogP contribution in [0.2, 0.25) is 0 Å². The summed E-state index contributed by atoms with van der Waals surface area (Å²) < 4.78 is 5.36. The zero-order chi connectivity index (χ0) is 11.5. The predicted octanol–water partition coefficient (Wildman–Crippen LogP) is 2.24.